The largest absolute Gasteiger partial charge is 0.507 e. The summed E-state index contributed by atoms with van der Waals surface area (Å²) < 4.78 is 0. The minimum absolute atomic E-state index is 0.193. The Morgan fingerprint density at radius 3 is 2.50 bits per heavy atom. The molecule has 1 aromatic rings. The summed E-state index contributed by atoms with van der Waals surface area (Å²) in [4.78, 5) is 24.4. The number of aromatic hydroxyl groups is 1. The summed E-state index contributed by atoms with van der Waals surface area (Å²) in [6.07, 6.45) is 1.92. The molecule has 0 aliphatic carbocycles. The van der Waals surface area contributed by atoms with Crippen molar-refractivity contribution >= 4 is 17.7 Å². The lowest BCUT2D eigenvalue weighted by molar-refractivity contribution is 0.0694. The molecule has 6 nitrogen and oxygen atoms in total. The van der Waals surface area contributed by atoms with Crippen molar-refractivity contribution in [3.63, 3.8) is 0 Å². The van der Waals surface area contributed by atoms with Crippen molar-refractivity contribution in [3.05, 3.63) is 23.8 Å². The summed E-state index contributed by atoms with van der Waals surface area (Å²) in [7, 11) is 0. The van der Waals surface area contributed by atoms with Crippen LogP contribution in [-0.4, -0.2) is 40.2 Å². The van der Waals surface area contributed by atoms with Gasteiger partial charge in [-0.2, -0.15) is 0 Å². The lowest BCUT2D eigenvalue weighted by Crippen LogP contribution is -2.35. The molecule has 0 heterocycles. The zero-order chi connectivity index (χ0) is 15.1. The fourth-order valence-electron chi connectivity index (χ4n) is 1.75. The minimum atomic E-state index is -1.21. The van der Waals surface area contributed by atoms with E-state index in [1.165, 1.54) is 18.2 Å². The van der Waals surface area contributed by atoms with Crippen molar-refractivity contribution in [1.82, 2.24) is 4.90 Å². The van der Waals surface area contributed by atoms with E-state index in [0.29, 0.717) is 18.8 Å². The van der Waals surface area contributed by atoms with Crippen LogP contribution in [0.5, 0.6) is 5.75 Å². The average Bonchev–Trinajstić information content (AvgIpc) is 2.39. The highest BCUT2D eigenvalue weighted by Crippen LogP contribution is 2.22. The number of nitrogens with zero attached hydrogens (tertiary/aromatic N) is 1. The predicted molar refractivity (Wildman–Crippen MR) is 76.2 cm³/mol. The number of amides is 2. The fourth-order valence-corrected chi connectivity index (χ4v) is 1.75. The Kier molecular flexibility index (Phi) is 5.83. The number of carbonyl (C=O) groups excluding carboxylic acids is 1. The van der Waals surface area contributed by atoms with E-state index in [1.807, 2.05) is 6.92 Å². The Bertz CT molecular complexity index is 488. The summed E-state index contributed by atoms with van der Waals surface area (Å²) >= 11 is 0. The first kappa shape index (κ1) is 15.8. The number of hydrogen-bond donors (Lipinski definition) is 3. The third-order valence-electron chi connectivity index (χ3n) is 2.93. The van der Waals surface area contributed by atoms with Gasteiger partial charge < -0.3 is 20.4 Å². The standard InChI is InChI=1S/C14H20N2O4/c1-3-5-8-16(4-2)14(20)15-10-6-7-11(13(18)19)12(17)9-10/h6-7,9,17H,3-5,8H2,1-2H3,(H,15,20)(H,18,19). The Morgan fingerprint density at radius 2 is 2.00 bits per heavy atom. The van der Waals surface area contributed by atoms with E-state index < -0.39 is 5.97 Å². The van der Waals surface area contributed by atoms with Gasteiger partial charge in [0.2, 0.25) is 0 Å². The molecule has 0 aliphatic rings. The fraction of sp³-hybridized carbons (Fsp3) is 0.429. The third kappa shape index (κ3) is 4.15. The van der Waals surface area contributed by atoms with Crippen LogP contribution >= 0.6 is 0 Å². The second kappa shape index (κ2) is 7.37. The number of benzene rings is 1. The first-order valence-corrected chi connectivity index (χ1v) is 6.61. The molecule has 0 bridgehead atoms. The number of urea groups is 1. The highest BCUT2D eigenvalue weighted by atomic mass is 16.4. The Morgan fingerprint density at radius 1 is 1.30 bits per heavy atom. The molecule has 0 aliphatic heterocycles. The average molecular weight is 280 g/mol. The normalized spacial score (nSPS) is 10.1. The Hall–Kier alpha value is -2.24. The molecule has 0 aromatic heterocycles. The quantitative estimate of drug-likeness (QED) is 0.747. The summed E-state index contributed by atoms with van der Waals surface area (Å²) in [6.45, 7) is 5.19. The number of phenols is 1. The van der Waals surface area contributed by atoms with E-state index in [1.54, 1.807) is 4.90 Å². The summed E-state index contributed by atoms with van der Waals surface area (Å²) in [5.41, 5.74) is 0.175. The van der Waals surface area contributed by atoms with Crippen molar-refractivity contribution < 1.29 is 19.8 Å². The van der Waals surface area contributed by atoms with Gasteiger partial charge in [0.05, 0.1) is 0 Å². The summed E-state index contributed by atoms with van der Waals surface area (Å²) in [6, 6.07) is 3.68. The van der Waals surface area contributed by atoms with Crippen LogP contribution in [0.1, 0.15) is 37.0 Å². The number of aromatic carboxylic acids is 1. The van der Waals surface area contributed by atoms with Crippen LogP contribution in [0.25, 0.3) is 0 Å². The van der Waals surface area contributed by atoms with Crippen LogP contribution in [0.3, 0.4) is 0 Å². The van der Waals surface area contributed by atoms with E-state index >= 15 is 0 Å². The maximum absolute atomic E-state index is 12.0. The molecule has 0 fully saturated rings. The van der Waals surface area contributed by atoms with Crippen LogP contribution < -0.4 is 5.32 Å². The highest BCUT2D eigenvalue weighted by molar-refractivity contribution is 5.93. The van der Waals surface area contributed by atoms with E-state index in [-0.39, 0.29) is 17.3 Å². The number of hydrogen-bond acceptors (Lipinski definition) is 3. The van der Waals surface area contributed by atoms with Crippen molar-refractivity contribution in [3.8, 4) is 5.75 Å². The monoisotopic (exact) mass is 280 g/mol. The maximum atomic E-state index is 12.0. The van der Waals surface area contributed by atoms with Gasteiger partial charge in [-0.3, -0.25) is 0 Å². The Balaban J connectivity index is 2.74. The van der Waals surface area contributed by atoms with Crippen molar-refractivity contribution in [2.24, 2.45) is 0 Å². The molecule has 0 spiro atoms. The molecule has 0 saturated carbocycles. The number of unbranched alkanes of at least 4 members (excludes halogenated alkanes) is 1. The predicted octanol–water partition coefficient (Wildman–Crippen LogP) is 2.74. The van der Waals surface area contributed by atoms with Gasteiger partial charge in [0, 0.05) is 24.8 Å². The number of carboxylic acid groups (broad SMARTS) is 1. The minimum Gasteiger partial charge on any atom is -0.507 e. The van der Waals surface area contributed by atoms with E-state index in [9.17, 15) is 14.7 Å². The molecule has 3 N–H and O–H groups in total. The first-order chi connectivity index (χ1) is 9.49. The molecule has 2 amide bonds. The summed E-state index contributed by atoms with van der Waals surface area (Å²) in [5, 5.41) is 21.0. The van der Waals surface area contributed by atoms with Crippen LogP contribution in [0.15, 0.2) is 18.2 Å². The van der Waals surface area contributed by atoms with Gasteiger partial charge in [0.1, 0.15) is 11.3 Å². The number of anilines is 1. The van der Waals surface area contributed by atoms with Gasteiger partial charge in [0.15, 0.2) is 0 Å². The first-order valence-electron chi connectivity index (χ1n) is 6.61. The zero-order valence-corrected chi connectivity index (χ0v) is 11.7. The second-order valence-electron chi connectivity index (χ2n) is 4.40. The van der Waals surface area contributed by atoms with Crippen molar-refractivity contribution in [2.45, 2.75) is 26.7 Å². The van der Waals surface area contributed by atoms with Gasteiger partial charge in [-0.25, -0.2) is 9.59 Å². The topological polar surface area (TPSA) is 89.9 Å². The Labute approximate surface area is 118 Å². The smallest absolute Gasteiger partial charge is 0.339 e. The van der Waals surface area contributed by atoms with Gasteiger partial charge in [-0.05, 0) is 25.5 Å². The number of carbonyl (C=O) groups is 2. The third-order valence-corrected chi connectivity index (χ3v) is 2.93. The second-order valence-corrected chi connectivity index (χ2v) is 4.40. The lowest BCUT2D eigenvalue weighted by Gasteiger charge is -2.21. The number of nitrogens with one attached hydrogen (secondary N) is 1. The van der Waals surface area contributed by atoms with Crippen LogP contribution in [0.2, 0.25) is 0 Å². The van der Waals surface area contributed by atoms with Crippen molar-refractivity contribution in [1.29, 1.82) is 0 Å². The van der Waals surface area contributed by atoms with Crippen LogP contribution in [0, 0.1) is 0 Å². The highest BCUT2D eigenvalue weighted by Gasteiger charge is 2.13. The van der Waals surface area contributed by atoms with E-state index in [4.69, 9.17) is 5.11 Å². The number of rotatable bonds is 6. The van der Waals surface area contributed by atoms with Gasteiger partial charge in [-0.1, -0.05) is 13.3 Å². The molecular formula is C14H20N2O4. The number of carboxylic acids is 1. The van der Waals surface area contributed by atoms with Gasteiger partial charge >= 0.3 is 12.0 Å². The molecule has 1 rings (SSSR count). The molecule has 110 valence electrons. The zero-order valence-electron chi connectivity index (χ0n) is 11.7. The van der Waals surface area contributed by atoms with Crippen LogP contribution in [0.4, 0.5) is 10.5 Å². The summed E-state index contributed by atoms with van der Waals surface area (Å²) in [5.74, 6) is -1.58. The van der Waals surface area contributed by atoms with Gasteiger partial charge in [-0.15, -0.1) is 0 Å². The van der Waals surface area contributed by atoms with E-state index in [0.717, 1.165) is 12.8 Å². The molecule has 1 aromatic carbocycles. The molecule has 20 heavy (non-hydrogen) atoms. The maximum Gasteiger partial charge on any atom is 0.339 e. The molecule has 0 atom stereocenters. The SMILES string of the molecule is CCCCN(CC)C(=O)Nc1ccc(C(=O)O)c(O)c1. The van der Waals surface area contributed by atoms with Gasteiger partial charge in [0.25, 0.3) is 0 Å². The molecule has 6 heteroatoms. The van der Waals surface area contributed by atoms with Crippen LogP contribution in [-0.2, 0) is 0 Å². The van der Waals surface area contributed by atoms with E-state index in [2.05, 4.69) is 12.2 Å². The molecule has 0 radical (unpaired) electrons. The lowest BCUT2D eigenvalue weighted by atomic mass is 10.2. The molecular weight excluding hydrogens is 260 g/mol. The van der Waals surface area contributed by atoms with Crippen molar-refractivity contribution in [2.75, 3.05) is 18.4 Å². The molecule has 0 saturated heterocycles. The molecule has 0 unspecified atom stereocenters.